The Balaban J connectivity index is 1.65. The summed E-state index contributed by atoms with van der Waals surface area (Å²) < 4.78 is 9.95. The Kier molecular flexibility index (Phi) is 5.86. The molecule has 12 nitrogen and oxygen atoms in total. The Morgan fingerprint density at radius 2 is 1.09 bits per heavy atom. The first kappa shape index (κ1) is 22.0. The molecule has 0 saturated heterocycles. The normalized spacial score (nSPS) is 10.5. The Morgan fingerprint density at radius 1 is 0.676 bits per heavy atom. The van der Waals surface area contributed by atoms with E-state index < -0.39 is 33.0 Å². The second-order valence-corrected chi connectivity index (χ2v) is 6.84. The highest BCUT2D eigenvalue weighted by Gasteiger charge is 2.22. The predicted molar refractivity (Wildman–Crippen MR) is 119 cm³/mol. The van der Waals surface area contributed by atoms with Gasteiger partial charge in [0.2, 0.25) is 0 Å². The smallest absolute Gasteiger partial charge is 0.293 e. The Labute approximate surface area is 190 Å². The summed E-state index contributed by atoms with van der Waals surface area (Å²) in [5, 5.41) is 28.0. The van der Waals surface area contributed by atoms with Gasteiger partial charge in [0.05, 0.1) is 22.4 Å². The zero-order valence-electron chi connectivity index (χ0n) is 17.1. The van der Waals surface area contributed by atoms with Gasteiger partial charge in [0.15, 0.2) is 11.5 Å². The summed E-state index contributed by atoms with van der Waals surface area (Å²) in [5.74, 6) is -1.40. The Hall–Kier alpha value is -5.26. The summed E-state index contributed by atoms with van der Waals surface area (Å²) >= 11 is 0. The number of amides is 2. The third kappa shape index (κ3) is 4.50. The molecule has 170 valence electrons. The molecule has 0 aliphatic heterocycles. The first-order valence-electron chi connectivity index (χ1n) is 9.60. The lowest BCUT2D eigenvalue weighted by molar-refractivity contribution is -0.384. The third-order valence-corrected chi connectivity index (χ3v) is 4.71. The molecule has 0 radical (unpaired) electrons. The fourth-order valence-electron chi connectivity index (χ4n) is 3.12. The van der Waals surface area contributed by atoms with Crippen LogP contribution in [0.25, 0.3) is 11.1 Å². The number of nitro groups is 2. The van der Waals surface area contributed by atoms with Gasteiger partial charge in [-0.25, -0.2) is 0 Å². The highest BCUT2D eigenvalue weighted by molar-refractivity contribution is 6.04. The van der Waals surface area contributed by atoms with E-state index in [0.717, 1.165) is 0 Å². The highest BCUT2D eigenvalue weighted by Crippen LogP contribution is 2.35. The second kappa shape index (κ2) is 9.08. The minimum Gasteiger partial charge on any atom is -0.459 e. The van der Waals surface area contributed by atoms with E-state index in [1.54, 1.807) is 0 Å². The van der Waals surface area contributed by atoms with Crippen molar-refractivity contribution >= 4 is 34.6 Å². The van der Waals surface area contributed by atoms with Gasteiger partial charge in [-0.1, -0.05) is 12.1 Å². The van der Waals surface area contributed by atoms with Crippen LogP contribution in [0, 0.1) is 20.2 Å². The molecule has 0 saturated carbocycles. The number of nitro benzene ring substituents is 2. The van der Waals surface area contributed by atoms with Crippen LogP contribution in [0.3, 0.4) is 0 Å². The lowest BCUT2D eigenvalue weighted by Gasteiger charge is -2.09. The molecule has 0 atom stereocenters. The number of furan rings is 2. The zero-order valence-corrected chi connectivity index (χ0v) is 17.1. The molecule has 2 heterocycles. The second-order valence-electron chi connectivity index (χ2n) is 6.84. The van der Waals surface area contributed by atoms with E-state index in [1.807, 2.05) is 0 Å². The Bertz CT molecular complexity index is 1290. The van der Waals surface area contributed by atoms with E-state index in [-0.39, 0.29) is 34.0 Å². The van der Waals surface area contributed by atoms with Crippen LogP contribution in [-0.2, 0) is 0 Å². The number of benzene rings is 2. The number of rotatable bonds is 7. The first-order chi connectivity index (χ1) is 16.3. The van der Waals surface area contributed by atoms with E-state index in [0.29, 0.717) is 0 Å². The molecule has 0 unspecified atom stereocenters. The summed E-state index contributed by atoms with van der Waals surface area (Å²) in [6, 6.07) is 13.7. The van der Waals surface area contributed by atoms with Gasteiger partial charge in [0.1, 0.15) is 11.4 Å². The van der Waals surface area contributed by atoms with E-state index >= 15 is 0 Å². The van der Waals surface area contributed by atoms with E-state index in [2.05, 4.69) is 10.6 Å². The van der Waals surface area contributed by atoms with Crippen LogP contribution < -0.4 is 10.6 Å². The van der Waals surface area contributed by atoms with Crippen molar-refractivity contribution in [3.8, 4) is 11.1 Å². The minimum atomic E-state index is -0.687. The fraction of sp³-hybridized carbons (Fsp3) is 0. The van der Waals surface area contributed by atoms with Gasteiger partial charge < -0.3 is 19.5 Å². The molecule has 0 spiro atoms. The van der Waals surface area contributed by atoms with Crippen molar-refractivity contribution in [1.29, 1.82) is 0 Å². The molecule has 2 aromatic carbocycles. The van der Waals surface area contributed by atoms with Crippen molar-refractivity contribution in [3.05, 3.63) is 105 Å². The quantitative estimate of drug-likeness (QED) is 0.289. The number of nitrogens with zero attached hydrogens (tertiary/aromatic N) is 2. The first-order valence-corrected chi connectivity index (χ1v) is 9.60. The molecule has 2 aromatic heterocycles. The number of hydrogen-bond donors (Lipinski definition) is 2. The SMILES string of the molecule is O=C(Nc1ccc(-c2ccc(NC(=O)c3ccco3)c([N+](=O)[O-])c2)cc1[N+](=O)[O-])c1ccco1. The number of hydrogen-bond acceptors (Lipinski definition) is 8. The van der Waals surface area contributed by atoms with Gasteiger partial charge in [-0.05, 0) is 47.5 Å². The lowest BCUT2D eigenvalue weighted by Crippen LogP contribution is -2.12. The number of carbonyl (C=O) groups excluding carboxylic acids is 2. The average molecular weight is 462 g/mol. The topological polar surface area (TPSA) is 171 Å². The molecular formula is C22H14N4O8. The maximum atomic E-state index is 12.2. The third-order valence-electron chi connectivity index (χ3n) is 4.71. The van der Waals surface area contributed by atoms with Crippen LogP contribution in [0.5, 0.6) is 0 Å². The van der Waals surface area contributed by atoms with Crippen molar-refractivity contribution in [2.24, 2.45) is 0 Å². The van der Waals surface area contributed by atoms with Crippen LogP contribution >= 0.6 is 0 Å². The lowest BCUT2D eigenvalue weighted by atomic mass is 10.0. The van der Waals surface area contributed by atoms with Crippen LogP contribution in [0.2, 0.25) is 0 Å². The van der Waals surface area contributed by atoms with Gasteiger partial charge in [0, 0.05) is 12.1 Å². The molecule has 2 N–H and O–H groups in total. The predicted octanol–water partition coefficient (Wildman–Crippen LogP) is 4.86. The van der Waals surface area contributed by atoms with Gasteiger partial charge in [-0.2, -0.15) is 0 Å². The molecule has 2 amide bonds. The maximum Gasteiger partial charge on any atom is 0.293 e. The van der Waals surface area contributed by atoms with E-state index in [9.17, 15) is 29.8 Å². The molecule has 0 bridgehead atoms. The summed E-state index contributed by atoms with van der Waals surface area (Å²) in [6.07, 6.45) is 2.58. The number of carbonyl (C=O) groups is 2. The van der Waals surface area contributed by atoms with Crippen molar-refractivity contribution in [2.45, 2.75) is 0 Å². The molecule has 0 aliphatic rings. The fourth-order valence-corrected chi connectivity index (χ4v) is 3.12. The molecule has 0 aliphatic carbocycles. The van der Waals surface area contributed by atoms with E-state index in [4.69, 9.17) is 8.83 Å². The average Bonchev–Trinajstić information content (AvgIpc) is 3.54. The van der Waals surface area contributed by atoms with E-state index in [1.165, 1.54) is 73.2 Å². The van der Waals surface area contributed by atoms with Crippen LogP contribution in [0.15, 0.2) is 82.0 Å². The van der Waals surface area contributed by atoms with Gasteiger partial charge in [0.25, 0.3) is 23.2 Å². The molecular weight excluding hydrogens is 448 g/mol. The molecule has 0 fully saturated rings. The summed E-state index contributed by atoms with van der Waals surface area (Å²) in [5.41, 5.74) is -0.422. The van der Waals surface area contributed by atoms with Gasteiger partial charge >= 0.3 is 0 Å². The summed E-state index contributed by atoms with van der Waals surface area (Å²) in [7, 11) is 0. The molecule has 34 heavy (non-hydrogen) atoms. The van der Waals surface area contributed by atoms with Crippen LogP contribution in [0.4, 0.5) is 22.7 Å². The monoisotopic (exact) mass is 462 g/mol. The largest absolute Gasteiger partial charge is 0.459 e. The standard InChI is InChI=1S/C22H14N4O8/c27-21(19-3-1-9-33-19)23-15-7-5-13(11-17(15)25(29)30)14-6-8-16(18(12-14)26(31)32)24-22(28)20-4-2-10-34-20/h1-12H,(H,23,27)(H,24,28). The van der Waals surface area contributed by atoms with Gasteiger partial charge in [-0.3, -0.25) is 29.8 Å². The summed E-state index contributed by atoms with van der Waals surface area (Å²) in [6.45, 7) is 0. The number of nitrogens with one attached hydrogen (secondary N) is 2. The molecule has 12 heteroatoms. The Morgan fingerprint density at radius 3 is 1.41 bits per heavy atom. The van der Waals surface area contributed by atoms with Crippen LogP contribution in [0.1, 0.15) is 21.1 Å². The van der Waals surface area contributed by atoms with Crippen molar-refractivity contribution in [3.63, 3.8) is 0 Å². The zero-order chi connectivity index (χ0) is 24.2. The minimum absolute atomic E-state index is 0.0267. The van der Waals surface area contributed by atoms with Crippen molar-refractivity contribution in [2.75, 3.05) is 10.6 Å². The summed E-state index contributed by atoms with van der Waals surface area (Å²) in [4.78, 5) is 46.2. The van der Waals surface area contributed by atoms with Crippen molar-refractivity contribution < 1.29 is 28.3 Å². The number of anilines is 2. The van der Waals surface area contributed by atoms with Crippen LogP contribution in [-0.4, -0.2) is 21.7 Å². The van der Waals surface area contributed by atoms with Crippen molar-refractivity contribution in [1.82, 2.24) is 0 Å². The van der Waals surface area contributed by atoms with Gasteiger partial charge in [-0.15, -0.1) is 0 Å². The molecule has 4 aromatic rings. The molecule has 4 rings (SSSR count). The maximum absolute atomic E-state index is 12.2. The highest BCUT2D eigenvalue weighted by atomic mass is 16.6.